The van der Waals surface area contributed by atoms with Crippen LogP contribution in [0.15, 0.2) is 76.9 Å². The van der Waals surface area contributed by atoms with Gasteiger partial charge in [-0.2, -0.15) is 0 Å². The normalized spacial score (nSPS) is 16.4. The number of unbranched alkanes of at least 4 members (excludes halogenated alkanes) is 4. The highest BCUT2D eigenvalue weighted by Gasteiger charge is 2.46. The maximum atomic E-state index is 13.9. The van der Waals surface area contributed by atoms with Crippen molar-refractivity contribution < 1.29 is 23.1 Å². The van der Waals surface area contributed by atoms with E-state index in [-0.39, 0.29) is 29.1 Å². The summed E-state index contributed by atoms with van der Waals surface area (Å²) in [4.78, 5) is 13.7. The third-order valence-electron chi connectivity index (χ3n) is 7.12. The summed E-state index contributed by atoms with van der Waals surface area (Å²) in [6.07, 6.45) is 7.85. The van der Waals surface area contributed by atoms with Crippen molar-refractivity contribution in [3.63, 3.8) is 0 Å². The zero-order chi connectivity index (χ0) is 26.9. The van der Waals surface area contributed by atoms with Crippen LogP contribution in [0.25, 0.3) is 0 Å². The molecule has 0 spiro atoms. The Morgan fingerprint density at radius 2 is 1.43 bits per heavy atom. The summed E-state index contributed by atoms with van der Waals surface area (Å²) in [6.45, 7) is 6.08. The Labute approximate surface area is 222 Å². The molecule has 1 aliphatic heterocycles. The minimum atomic E-state index is -4.05. The van der Waals surface area contributed by atoms with Crippen LogP contribution in [0.4, 0.5) is 5.69 Å². The lowest BCUT2D eigenvalue weighted by atomic mass is 9.82. The molecule has 0 saturated heterocycles. The van der Waals surface area contributed by atoms with Crippen molar-refractivity contribution in [3.05, 3.63) is 72.0 Å². The molecule has 2 aromatic rings. The highest BCUT2D eigenvalue weighted by atomic mass is 32.2. The van der Waals surface area contributed by atoms with Crippen LogP contribution in [0.3, 0.4) is 0 Å². The Morgan fingerprint density at radius 3 is 1.92 bits per heavy atom. The maximum Gasteiger partial charge on any atom is 0.340 e. The fraction of sp³-hybridized carbons (Fsp3) is 0.500. The first kappa shape index (κ1) is 28.8. The Hall–Kier alpha value is -2.80. The molecular formula is C30H41NO5S. The number of benzene rings is 2. The second kappa shape index (κ2) is 13.1. The van der Waals surface area contributed by atoms with Crippen LogP contribution in [-0.4, -0.2) is 31.1 Å². The predicted molar refractivity (Wildman–Crippen MR) is 148 cm³/mol. The smallest absolute Gasteiger partial charge is 0.340 e. The van der Waals surface area contributed by atoms with Gasteiger partial charge in [-0.1, -0.05) is 82.9 Å². The summed E-state index contributed by atoms with van der Waals surface area (Å²) in [5.41, 5.74) is -0.287. The second-order valence-electron chi connectivity index (χ2n) is 9.90. The number of nitrogens with zero attached hydrogens (tertiary/aromatic N) is 1. The van der Waals surface area contributed by atoms with Crippen molar-refractivity contribution >= 4 is 21.7 Å². The molecule has 0 aliphatic carbocycles. The van der Waals surface area contributed by atoms with E-state index >= 15 is 0 Å². The summed E-state index contributed by atoms with van der Waals surface area (Å²) >= 11 is 0. The van der Waals surface area contributed by atoms with Gasteiger partial charge < -0.3 is 9.84 Å². The number of carbonyl (C=O) groups excluding carboxylic acids is 1. The van der Waals surface area contributed by atoms with Crippen molar-refractivity contribution in [2.45, 2.75) is 102 Å². The lowest BCUT2D eigenvalue weighted by molar-refractivity contribution is -0.161. The van der Waals surface area contributed by atoms with Crippen LogP contribution in [0.2, 0.25) is 0 Å². The van der Waals surface area contributed by atoms with Crippen molar-refractivity contribution in [2.24, 2.45) is 0 Å². The zero-order valence-electron chi connectivity index (χ0n) is 22.4. The standard InChI is InChI=1S/C30H41NO5S/c1-4-7-15-21-30(22-16-8-5-2)23-27(32)28(29(33)36-30)26(6-3)31(24-17-11-9-12-18-24)37(34,35)25-19-13-10-14-20-25/h9-14,17-20,26,32H,4-8,15-16,21-23H2,1-3H3. The number of carbonyl (C=O) groups is 1. The summed E-state index contributed by atoms with van der Waals surface area (Å²) in [5, 5.41) is 11.4. The summed E-state index contributed by atoms with van der Waals surface area (Å²) in [5.74, 6) is -0.673. The minimum Gasteiger partial charge on any atom is -0.512 e. The third kappa shape index (κ3) is 6.75. The van der Waals surface area contributed by atoms with E-state index < -0.39 is 27.6 Å². The fourth-order valence-corrected chi connectivity index (χ4v) is 6.90. The second-order valence-corrected chi connectivity index (χ2v) is 11.7. The molecule has 0 amide bonds. The molecule has 1 unspecified atom stereocenters. The molecule has 1 aliphatic rings. The van der Waals surface area contributed by atoms with Gasteiger partial charge in [-0.3, -0.25) is 4.31 Å². The Bertz CT molecular complexity index is 1140. The van der Waals surface area contributed by atoms with E-state index in [4.69, 9.17) is 4.74 Å². The topological polar surface area (TPSA) is 83.9 Å². The molecule has 1 N–H and O–H groups in total. The molecule has 202 valence electrons. The van der Waals surface area contributed by atoms with Gasteiger partial charge in [0.25, 0.3) is 10.0 Å². The van der Waals surface area contributed by atoms with Gasteiger partial charge in [0.2, 0.25) is 0 Å². The SMILES string of the molecule is CCCCCC1(CCCCC)CC(O)=C(C(CC)N(c2ccccc2)S(=O)(=O)c2ccccc2)C(=O)O1. The van der Waals surface area contributed by atoms with Crippen LogP contribution in [0.5, 0.6) is 0 Å². The molecule has 2 aromatic carbocycles. The molecule has 37 heavy (non-hydrogen) atoms. The van der Waals surface area contributed by atoms with E-state index in [2.05, 4.69) is 13.8 Å². The van der Waals surface area contributed by atoms with Gasteiger partial charge in [-0.05, 0) is 56.4 Å². The van der Waals surface area contributed by atoms with Gasteiger partial charge in [-0.15, -0.1) is 0 Å². The lowest BCUT2D eigenvalue weighted by Crippen LogP contribution is -2.48. The first-order valence-corrected chi connectivity index (χ1v) is 15.0. The largest absolute Gasteiger partial charge is 0.512 e. The molecule has 3 rings (SSSR count). The van der Waals surface area contributed by atoms with Crippen molar-refractivity contribution in [1.29, 1.82) is 0 Å². The molecule has 0 bridgehead atoms. The number of para-hydroxylation sites is 1. The Balaban J connectivity index is 2.06. The number of ether oxygens (including phenoxy) is 1. The van der Waals surface area contributed by atoms with Gasteiger partial charge in [0.1, 0.15) is 11.4 Å². The molecule has 0 radical (unpaired) electrons. The van der Waals surface area contributed by atoms with Gasteiger partial charge in [0, 0.05) is 6.42 Å². The molecule has 6 nitrogen and oxygen atoms in total. The first-order valence-electron chi connectivity index (χ1n) is 13.6. The van der Waals surface area contributed by atoms with Gasteiger partial charge in [-0.25, -0.2) is 13.2 Å². The van der Waals surface area contributed by atoms with Gasteiger partial charge in [0.15, 0.2) is 0 Å². The van der Waals surface area contributed by atoms with Gasteiger partial charge >= 0.3 is 5.97 Å². The average molecular weight is 528 g/mol. The molecule has 1 atom stereocenters. The van der Waals surface area contributed by atoms with Crippen LogP contribution >= 0.6 is 0 Å². The fourth-order valence-electron chi connectivity index (χ4n) is 5.19. The van der Waals surface area contributed by atoms with Crippen LogP contribution in [0.1, 0.15) is 85.0 Å². The number of esters is 1. The van der Waals surface area contributed by atoms with Crippen LogP contribution < -0.4 is 4.31 Å². The Morgan fingerprint density at radius 1 is 0.892 bits per heavy atom. The highest BCUT2D eigenvalue weighted by molar-refractivity contribution is 7.92. The number of sulfonamides is 1. The minimum absolute atomic E-state index is 0.0347. The van der Waals surface area contributed by atoms with E-state index in [1.165, 1.54) is 16.4 Å². The number of anilines is 1. The van der Waals surface area contributed by atoms with E-state index in [1.54, 1.807) is 42.5 Å². The number of cyclic esters (lactones) is 1. The third-order valence-corrected chi connectivity index (χ3v) is 8.97. The van der Waals surface area contributed by atoms with Crippen LogP contribution in [0, 0.1) is 0 Å². The summed E-state index contributed by atoms with van der Waals surface area (Å²) < 4.78 is 35.3. The summed E-state index contributed by atoms with van der Waals surface area (Å²) in [6, 6.07) is 16.0. The highest BCUT2D eigenvalue weighted by Crippen LogP contribution is 2.41. The monoisotopic (exact) mass is 527 g/mol. The number of aliphatic hydroxyl groups is 1. The lowest BCUT2D eigenvalue weighted by Gasteiger charge is -2.41. The molecule has 0 saturated carbocycles. The maximum absolute atomic E-state index is 13.9. The van der Waals surface area contributed by atoms with Crippen molar-refractivity contribution in [3.8, 4) is 0 Å². The van der Waals surface area contributed by atoms with Crippen LogP contribution in [-0.2, 0) is 19.6 Å². The molecular weight excluding hydrogens is 486 g/mol. The van der Waals surface area contributed by atoms with E-state index in [1.807, 2.05) is 13.0 Å². The van der Waals surface area contributed by atoms with Crippen molar-refractivity contribution in [2.75, 3.05) is 4.31 Å². The van der Waals surface area contributed by atoms with E-state index in [0.29, 0.717) is 18.5 Å². The first-order chi connectivity index (χ1) is 17.8. The average Bonchev–Trinajstić information content (AvgIpc) is 2.89. The van der Waals surface area contributed by atoms with Gasteiger partial charge in [0.05, 0.1) is 22.2 Å². The molecule has 0 aromatic heterocycles. The molecule has 1 heterocycles. The molecule has 7 heteroatoms. The van der Waals surface area contributed by atoms with E-state index in [9.17, 15) is 18.3 Å². The number of hydrogen-bond acceptors (Lipinski definition) is 5. The predicted octanol–water partition coefficient (Wildman–Crippen LogP) is 7.32. The molecule has 0 fully saturated rings. The number of rotatable bonds is 14. The van der Waals surface area contributed by atoms with E-state index in [0.717, 1.165) is 38.5 Å². The number of hydrogen-bond donors (Lipinski definition) is 1. The van der Waals surface area contributed by atoms with Crippen molar-refractivity contribution in [1.82, 2.24) is 0 Å². The summed E-state index contributed by atoms with van der Waals surface area (Å²) in [7, 11) is -4.05. The zero-order valence-corrected chi connectivity index (χ0v) is 23.2. The number of aliphatic hydroxyl groups excluding tert-OH is 1. The Kier molecular flexibility index (Phi) is 10.2. The quantitative estimate of drug-likeness (QED) is 0.206.